The van der Waals surface area contributed by atoms with Gasteiger partial charge in [-0.2, -0.15) is 0 Å². The molecule has 2 heterocycles. The van der Waals surface area contributed by atoms with E-state index in [9.17, 15) is 0 Å². The maximum absolute atomic E-state index is 5.24. The zero-order chi connectivity index (χ0) is 25.2. The summed E-state index contributed by atoms with van der Waals surface area (Å²) in [5.74, 6) is 0. The Bertz CT molecular complexity index is 1640. The van der Waals surface area contributed by atoms with Crippen LogP contribution in [0.3, 0.4) is 0 Å². The van der Waals surface area contributed by atoms with Gasteiger partial charge in [0.25, 0.3) is 0 Å². The predicted octanol–water partition coefficient (Wildman–Crippen LogP) is 8.68. The smallest absolute Gasteiger partial charge is 0.0766 e. The molecule has 37 heavy (non-hydrogen) atoms. The fourth-order valence-electron chi connectivity index (χ4n) is 5.19. The standard InChI is InChI=1S/C35H28N2/c1-25(34-30(26-15-7-3-8-16-26)23-32(36-34)28-19-11-5-12-20-28)35-31(27-17-9-4-10-18-27)24-33(37(35)2)29-21-13-6-14-22-29/h3-24H,1-2H3/b34-25-. The summed E-state index contributed by atoms with van der Waals surface area (Å²) in [6.45, 7) is 2.21. The topological polar surface area (TPSA) is 17.3 Å². The second-order valence-corrected chi connectivity index (χ2v) is 9.34. The predicted molar refractivity (Wildman–Crippen MR) is 156 cm³/mol. The van der Waals surface area contributed by atoms with Crippen LogP contribution < -0.4 is 0 Å². The zero-order valence-corrected chi connectivity index (χ0v) is 21.1. The highest BCUT2D eigenvalue weighted by molar-refractivity contribution is 6.19. The van der Waals surface area contributed by atoms with Crippen molar-refractivity contribution in [3.63, 3.8) is 0 Å². The average molecular weight is 477 g/mol. The third kappa shape index (κ3) is 4.28. The molecule has 5 aromatic rings. The minimum Gasteiger partial charge on any atom is -0.343 e. The molecule has 0 fully saturated rings. The molecule has 1 aromatic heterocycles. The summed E-state index contributed by atoms with van der Waals surface area (Å²) in [4.78, 5) is 5.24. The Morgan fingerprint density at radius 2 is 1.08 bits per heavy atom. The number of hydrogen-bond donors (Lipinski definition) is 0. The lowest BCUT2D eigenvalue weighted by Crippen LogP contribution is -2.00. The van der Waals surface area contributed by atoms with Crippen LogP contribution in [0, 0.1) is 0 Å². The number of hydrogen-bond acceptors (Lipinski definition) is 1. The summed E-state index contributed by atoms with van der Waals surface area (Å²) in [7, 11) is 2.16. The van der Waals surface area contributed by atoms with Gasteiger partial charge in [-0.05, 0) is 41.3 Å². The van der Waals surface area contributed by atoms with Gasteiger partial charge in [0, 0.05) is 29.4 Å². The lowest BCUT2D eigenvalue weighted by atomic mass is 9.96. The van der Waals surface area contributed by atoms with E-state index in [-0.39, 0.29) is 0 Å². The van der Waals surface area contributed by atoms with Crippen molar-refractivity contribution in [1.82, 2.24) is 4.57 Å². The van der Waals surface area contributed by atoms with Gasteiger partial charge in [-0.25, -0.2) is 4.99 Å². The normalized spacial score (nSPS) is 14.3. The number of aliphatic imine (C=N–C) groups is 1. The zero-order valence-electron chi connectivity index (χ0n) is 21.1. The first-order valence-corrected chi connectivity index (χ1v) is 12.6. The molecule has 0 saturated carbocycles. The van der Waals surface area contributed by atoms with Crippen LogP contribution in [0.1, 0.15) is 23.7 Å². The summed E-state index contributed by atoms with van der Waals surface area (Å²) in [6, 6.07) is 44.6. The van der Waals surface area contributed by atoms with Crippen LogP contribution in [0.4, 0.5) is 0 Å². The minimum absolute atomic E-state index is 0.993. The maximum atomic E-state index is 5.24. The molecule has 0 atom stereocenters. The summed E-state index contributed by atoms with van der Waals surface area (Å²) in [5.41, 5.74) is 12.6. The van der Waals surface area contributed by atoms with Crippen molar-refractivity contribution in [2.24, 2.45) is 12.0 Å². The van der Waals surface area contributed by atoms with Crippen LogP contribution in [0.25, 0.3) is 33.5 Å². The molecule has 0 N–H and O–H groups in total. The second kappa shape index (κ2) is 9.75. The van der Waals surface area contributed by atoms with E-state index in [1.807, 2.05) is 6.07 Å². The van der Waals surface area contributed by atoms with Gasteiger partial charge in [0.2, 0.25) is 0 Å². The largest absolute Gasteiger partial charge is 0.343 e. The van der Waals surface area contributed by atoms with Crippen LogP contribution in [-0.4, -0.2) is 10.3 Å². The van der Waals surface area contributed by atoms with Crippen LogP contribution >= 0.6 is 0 Å². The van der Waals surface area contributed by atoms with Crippen molar-refractivity contribution in [2.45, 2.75) is 6.92 Å². The van der Waals surface area contributed by atoms with Gasteiger partial charge in [-0.3, -0.25) is 0 Å². The Balaban J connectivity index is 1.60. The first-order valence-electron chi connectivity index (χ1n) is 12.6. The van der Waals surface area contributed by atoms with E-state index in [1.54, 1.807) is 0 Å². The van der Waals surface area contributed by atoms with Gasteiger partial charge >= 0.3 is 0 Å². The molecular formula is C35H28N2. The SMILES string of the molecule is C/C(=C1/N=C(c2ccccc2)C=C1c1ccccc1)c1c(-c2ccccc2)cc(-c2ccccc2)n1C. The summed E-state index contributed by atoms with van der Waals surface area (Å²) < 4.78 is 2.32. The number of benzene rings is 4. The highest BCUT2D eigenvalue weighted by Gasteiger charge is 2.24. The molecular weight excluding hydrogens is 448 g/mol. The summed E-state index contributed by atoms with van der Waals surface area (Å²) in [6.07, 6.45) is 2.23. The first-order chi connectivity index (χ1) is 18.2. The van der Waals surface area contributed by atoms with E-state index in [2.05, 4.69) is 146 Å². The first kappa shape index (κ1) is 22.8. The van der Waals surface area contributed by atoms with E-state index >= 15 is 0 Å². The van der Waals surface area contributed by atoms with E-state index in [0.717, 1.165) is 28.1 Å². The molecule has 0 spiro atoms. The molecule has 0 aliphatic carbocycles. The highest BCUT2D eigenvalue weighted by Crippen LogP contribution is 2.41. The van der Waals surface area contributed by atoms with Gasteiger partial charge in [0.15, 0.2) is 0 Å². The Morgan fingerprint density at radius 3 is 1.65 bits per heavy atom. The van der Waals surface area contributed by atoms with Crippen LogP contribution in [0.2, 0.25) is 0 Å². The fraction of sp³-hybridized carbons (Fsp3) is 0.0571. The van der Waals surface area contributed by atoms with Gasteiger partial charge in [0.05, 0.1) is 17.1 Å². The monoisotopic (exact) mass is 476 g/mol. The number of nitrogens with zero attached hydrogens (tertiary/aromatic N) is 2. The summed E-state index contributed by atoms with van der Waals surface area (Å²) >= 11 is 0. The molecule has 1 aliphatic rings. The molecule has 4 aromatic carbocycles. The van der Waals surface area contributed by atoms with Crippen molar-refractivity contribution in [1.29, 1.82) is 0 Å². The molecule has 0 bridgehead atoms. The van der Waals surface area contributed by atoms with E-state index in [0.29, 0.717) is 0 Å². The van der Waals surface area contributed by atoms with Crippen molar-refractivity contribution in [2.75, 3.05) is 0 Å². The Hall–Kier alpha value is -4.69. The third-order valence-electron chi connectivity index (χ3n) is 7.02. The van der Waals surface area contributed by atoms with E-state index in [4.69, 9.17) is 4.99 Å². The minimum atomic E-state index is 0.993. The Morgan fingerprint density at radius 1 is 0.595 bits per heavy atom. The summed E-state index contributed by atoms with van der Waals surface area (Å²) in [5, 5.41) is 0. The maximum Gasteiger partial charge on any atom is 0.0766 e. The molecule has 6 rings (SSSR count). The molecule has 0 unspecified atom stereocenters. The molecule has 0 radical (unpaired) electrons. The van der Waals surface area contributed by atoms with Crippen molar-refractivity contribution >= 4 is 16.9 Å². The average Bonchev–Trinajstić information content (AvgIpc) is 3.57. The third-order valence-corrected chi connectivity index (χ3v) is 7.02. The Labute approximate surface area is 218 Å². The van der Waals surface area contributed by atoms with Crippen molar-refractivity contribution < 1.29 is 0 Å². The molecule has 0 amide bonds. The van der Waals surface area contributed by atoms with Crippen molar-refractivity contribution in [3.8, 4) is 22.4 Å². The van der Waals surface area contributed by atoms with Gasteiger partial charge in [-0.15, -0.1) is 0 Å². The van der Waals surface area contributed by atoms with E-state index in [1.165, 1.54) is 33.6 Å². The van der Waals surface area contributed by atoms with Gasteiger partial charge in [-0.1, -0.05) is 121 Å². The quantitative estimate of drug-likeness (QED) is 0.241. The molecule has 2 heteroatoms. The van der Waals surface area contributed by atoms with Gasteiger partial charge in [0.1, 0.15) is 0 Å². The molecule has 2 nitrogen and oxygen atoms in total. The fourth-order valence-corrected chi connectivity index (χ4v) is 5.19. The second-order valence-electron chi connectivity index (χ2n) is 9.34. The lowest BCUT2D eigenvalue weighted by Gasteiger charge is -2.14. The van der Waals surface area contributed by atoms with Crippen LogP contribution in [0.15, 0.2) is 144 Å². The number of aromatic nitrogens is 1. The number of rotatable bonds is 5. The van der Waals surface area contributed by atoms with E-state index < -0.39 is 0 Å². The Kier molecular flexibility index (Phi) is 6.00. The lowest BCUT2D eigenvalue weighted by molar-refractivity contribution is 0.916. The highest BCUT2D eigenvalue weighted by atomic mass is 15.0. The van der Waals surface area contributed by atoms with Crippen LogP contribution in [0.5, 0.6) is 0 Å². The van der Waals surface area contributed by atoms with Crippen LogP contribution in [-0.2, 0) is 7.05 Å². The molecule has 178 valence electrons. The number of allylic oxidation sites excluding steroid dienone is 3. The molecule has 1 aliphatic heterocycles. The molecule has 0 saturated heterocycles. The van der Waals surface area contributed by atoms with Gasteiger partial charge < -0.3 is 4.57 Å². The van der Waals surface area contributed by atoms with Crippen molar-refractivity contribution in [3.05, 3.63) is 156 Å².